The highest BCUT2D eigenvalue weighted by molar-refractivity contribution is 7.94. The first-order valence-electron chi connectivity index (χ1n) is 8.01. The van der Waals surface area contributed by atoms with Crippen LogP contribution in [0.15, 0.2) is 48.5 Å². The van der Waals surface area contributed by atoms with Crippen molar-refractivity contribution in [3.63, 3.8) is 0 Å². The Bertz CT molecular complexity index is 960. The number of hydrogen-bond acceptors (Lipinski definition) is 4. The molecule has 0 radical (unpaired) electrons. The Morgan fingerprint density at radius 2 is 1.88 bits per heavy atom. The first-order valence-corrected chi connectivity index (χ1v) is 9.99. The van der Waals surface area contributed by atoms with Gasteiger partial charge in [0.25, 0.3) is 5.91 Å². The number of rotatable bonds is 4. The Labute approximate surface area is 156 Å². The molecule has 1 aliphatic rings. The number of amides is 2. The molecule has 8 heteroatoms. The molecule has 3 rings (SSSR count). The van der Waals surface area contributed by atoms with E-state index in [-0.39, 0.29) is 34.5 Å². The normalized spacial score (nSPS) is 17.2. The number of nitrogens with zero attached hydrogens (tertiary/aromatic N) is 1. The van der Waals surface area contributed by atoms with Gasteiger partial charge in [0.2, 0.25) is 15.9 Å². The summed E-state index contributed by atoms with van der Waals surface area (Å²) < 4.78 is 24.9. The van der Waals surface area contributed by atoms with Gasteiger partial charge in [-0.15, -0.1) is 0 Å². The zero-order valence-corrected chi connectivity index (χ0v) is 15.5. The second kappa shape index (κ2) is 7.09. The molecule has 2 aromatic rings. The average molecular weight is 393 g/mol. The summed E-state index contributed by atoms with van der Waals surface area (Å²) in [4.78, 5) is 24.5. The number of nitrogens with one attached hydrogen (secondary N) is 1. The van der Waals surface area contributed by atoms with Gasteiger partial charge in [0.1, 0.15) is 0 Å². The van der Waals surface area contributed by atoms with Gasteiger partial charge in [-0.25, -0.2) is 12.7 Å². The van der Waals surface area contributed by atoms with Crippen molar-refractivity contribution in [2.24, 2.45) is 0 Å². The van der Waals surface area contributed by atoms with E-state index in [1.54, 1.807) is 0 Å². The molecule has 6 nitrogen and oxygen atoms in total. The Morgan fingerprint density at radius 3 is 2.50 bits per heavy atom. The number of benzene rings is 2. The summed E-state index contributed by atoms with van der Waals surface area (Å²) in [5.74, 6) is -1.20. The van der Waals surface area contributed by atoms with Crippen LogP contribution in [0.5, 0.6) is 0 Å². The van der Waals surface area contributed by atoms with Gasteiger partial charge in [0.15, 0.2) is 0 Å². The minimum Gasteiger partial charge on any atom is -0.345 e. The number of anilines is 1. The SMILES string of the molecule is C[C@H](NC(=O)c1cc(N2C(=O)CCS2(=O)=O)ccc1Cl)c1ccccc1. The van der Waals surface area contributed by atoms with Gasteiger partial charge in [-0.1, -0.05) is 41.9 Å². The van der Waals surface area contributed by atoms with Crippen LogP contribution in [0.2, 0.25) is 5.02 Å². The number of hydrogen-bond donors (Lipinski definition) is 1. The highest BCUT2D eigenvalue weighted by Gasteiger charge is 2.36. The molecule has 0 aliphatic carbocycles. The molecule has 2 amide bonds. The fourth-order valence-corrected chi connectivity index (χ4v) is 4.44. The lowest BCUT2D eigenvalue weighted by molar-refractivity contribution is -0.116. The summed E-state index contributed by atoms with van der Waals surface area (Å²) in [5, 5.41) is 3.00. The lowest BCUT2D eigenvalue weighted by atomic mass is 10.1. The molecule has 0 unspecified atom stereocenters. The van der Waals surface area contributed by atoms with E-state index >= 15 is 0 Å². The van der Waals surface area contributed by atoms with E-state index in [1.165, 1.54) is 18.2 Å². The van der Waals surface area contributed by atoms with Crippen LogP contribution in [-0.4, -0.2) is 26.0 Å². The molecular weight excluding hydrogens is 376 g/mol. The van der Waals surface area contributed by atoms with Crippen LogP contribution in [0.4, 0.5) is 5.69 Å². The Kier molecular flexibility index (Phi) is 5.02. The summed E-state index contributed by atoms with van der Waals surface area (Å²) in [6.45, 7) is 1.83. The van der Waals surface area contributed by atoms with Crippen molar-refractivity contribution >= 4 is 39.1 Å². The number of halogens is 1. The molecule has 0 aromatic heterocycles. The van der Waals surface area contributed by atoms with E-state index in [0.29, 0.717) is 0 Å². The first kappa shape index (κ1) is 18.4. The van der Waals surface area contributed by atoms with Crippen LogP contribution in [0, 0.1) is 0 Å². The first-order chi connectivity index (χ1) is 12.3. The minimum atomic E-state index is -3.70. The van der Waals surface area contributed by atoms with Crippen molar-refractivity contribution in [2.45, 2.75) is 19.4 Å². The van der Waals surface area contributed by atoms with Crippen molar-refractivity contribution in [2.75, 3.05) is 10.1 Å². The van der Waals surface area contributed by atoms with Crippen LogP contribution >= 0.6 is 11.6 Å². The van der Waals surface area contributed by atoms with E-state index in [2.05, 4.69) is 5.32 Å². The molecule has 1 heterocycles. The van der Waals surface area contributed by atoms with Crippen molar-refractivity contribution in [1.82, 2.24) is 5.32 Å². The van der Waals surface area contributed by atoms with Crippen LogP contribution in [0.1, 0.15) is 35.3 Å². The van der Waals surface area contributed by atoms with Crippen LogP contribution in [0.25, 0.3) is 0 Å². The molecule has 0 spiro atoms. The standard InChI is InChI=1S/C18H17ClN2O4S/c1-12(13-5-3-2-4-6-13)20-18(23)15-11-14(7-8-16(15)19)21-17(22)9-10-26(21,24)25/h2-8,11-12H,9-10H2,1H3,(H,20,23)/t12-/m0/s1. The maximum atomic E-state index is 12.6. The Balaban J connectivity index is 1.88. The van der Waals surface area contributed by atoms with Crippen molar-refractivity contribution in [3.05, 3.63) is 64.7 Å². The summed E-state index contributed by atoms with van der Waals surface area (Å²) in [6.07, 6.45) is -0.0719. The third-order valence-electron chi connectivity index (χ3n) is 4.15. The number of carbonyl (C=O) groups is 2. The van der Waals surface area contributed by atoms with E-state index in [1.807, 2.05) is 37.3 Å². The highest BCUT2D eigenvalue weighted by atomic mass is 35.5. The second-order valence-corrected chi connectivity index (χ2v) is 8.34. The molecule has 1 aliphatic heterocycles. The molecular formula is C18H17ClN2O4S. The van der Waals surface area contributed by atoms with E-state index in [0.717, 1.165) is 9.87 Å². The van der Waals surface area contributed by atoms with Gasteiger partial charge in [-0.05, 0) is 30.7 Å². The predicted octanol–water partition coefficient (Wildman–Crippen LogP) is 2.90. The van der Waals surface area contributed by atoms with Gasteiger partial charge in [0.05, 0.1) is 28.1 Å². The van der Waals surface area contributed by atoms with Gasteiger partial charge in [-0.3, -0.25) is 9.59 Å². The monoisotopic (exact) mass is 392 g/mol. The smallest absolute Gasteiger partial charge is 0.253 e. The number of sulfonamides is 1. The second-order valence-electron chi connectivity index (χ2n) is 5.99. The van der Waals surface area contributed by atoms with Crippen LogP contribution in [-0.2, 0) is 14.8 Å². The van der Waals surface area contributed by atoms with Crippen LogP contribution < -0.4 is 9.62 Å². The van der Waals surface area contributed by atoms with Crippen LogP contribution in [0.3, 0.4) is 0 Å². The van der Waals surface area contributed by atoms with Crippen molar-refractivity contribution in [3.8, 4) is 0 Å². The minimum absolute atomic E-state index is 0.0719. The number of carbonyl (C=O) groups excluding carboxylic acids is 2. The summed E-state index contributed by atoms with van der Waals surface area (Å²) >= 11 is 6.12. The highest BCUT2D eigenvalue weighted by Crippen LogP contribution is 2.29. The maximum absolute atomic E-state index is 12.6. The molecule has 0 bridgehead atoms. The third-order valence-corrected chi connectivity index (χ3v) is 6.18. The zero-order chi connectivity index (χ0) is 18.9. The summed E-state index contributed by atoms with van der Waals surface area (Å²) in [7, 11) is -3.70. The third kappa shape index (κ3) is 3.59. The van der Waals surface area contributed by atoms with Crippen molar-refractivity contribution in [1.29, 1.82) is 0 Å². The van der Waals surface area contributed by atoms with E-state index < -0.39 is 21.8 Å². The Hall–Kier alpha value is -2.38. The lowest BCUT2D eigenvalue weighted by Gasteiger charge is -2.18. The molecule has 1 fully saturated rings. The maximum Gasteiger partial charge on any atom is 0.253 e. The van der Waals surface area contributed by atoms with E-state index in [4.69, 9.17) is 11.6 Å². The fourth-order valence-electron chi connectivity index (χ4n) is 2.78. The summed E-state index contributed by atoms with van der Waals surface area (Å²) in [6, 6.07) is 13.3. The lowest BCUT2D eigenvalue weighted by Crippen LogP contribution is -2.30. The molecule has 1 atom stereocenters. The predicted molar refractivity (Wildman–Crippen MR) is 99.7 cm³/mol. The van der Waals surface area contributed by atoms with Gasteiger partial charge in [0, 0.05) is 6.42 Å². The summed E-state index contributed by atoms with van der Waals surface area (Å²) in [5.41, 5.74) is 1.15. The average Bonchev–Trinajstić information content (AvgIpc) is 2.89. The molecule has 1 saturated heterocycles. The fraction of sp³-hybridized carbons (Fsp3) is 0.222. The van der Waals surface area contributed by atoms with Gasteiger partial charge in [-0.2, -0.15) is 0 Å². The molecule has 0 saturated carbocycles. The molecule has 2 aromatic carbocycles. The van der Waals surface area contributed by atoms with Gasteiger partial charge < -0.3 is 5.32 Å². The molecule has 26 heavy (non-hydrogen) atoms. The van der Waals surface area contributed by atoms with Gasteiger partial charge >= 0.3 is 0 Å². The largest absolute Gasteiger partial charge is 0.345 e. The van der Waals surface area contributed by atoms with Crippen molar-refractivity contribution < 1.29 is 18.0 Å². The molecule has 1 N–H and O–H groups in total. The topological polar surface area (TPSA) is 83.6 Å². The molecule has 136 valence electrons. The Morgan fingerprint density at radius 1 is 1.19 bits per heavy atom. The quantitative estimate of drug-likeness (QED) is 0.867. The zero-order valence-electron chi connectivity index (χ0n) is 14.0. The van der Waals surface area contributed by atoms with E-state index in [9.17, 15) is 18.0 Å².